The number of aromatic nitrogens is 2. The molecule has 0 amide bonds. The van der Waals surface area contributed by atoms with Gasteiger partial charge >= 0.3 is 5.97 Å². The molecule has 3 rings (SSSR count). The fraction of sp³-hybridized carbons (Fsp3) is 0.333. The van der Waals surface area contributed by atoms with Crippen molar-refractivity contribution in [1.82, 2.24) is 9.78 Å². The van der Waals surface area contributed by atoms with Crippen LogP contribution >= 0.6 is 0 Å². The lowest BCUT2D eigenvalue weighted by Crippen LogP contribution is -2.07. The number of hydrogen-bond acceptors (Lipinski definition) is 3. The Kier molecular flexibility index (Phi) is 3.07. The molecular formula is C15H16N2O2. The van der Waals surface area contributed by atoms with Gasteiger partial charge in [0.2, 0.25) is 0 Å². The molecule has 1 aliphatic heterocycles. The van der Waals surface area contributed by atoms with Crippen molar-refractivity contribution < 1.29 is 9.53 Å². The van der Waals surface area contributed by atoms with E-state index in [-0.39, 0.29) is 5.97 Å². The lowest BCUT2D eigenvalue weighted by atomic mass is 10.0. The molecule has 0 bridgehead atoms. The highest BCUT2D eigenvalue weighted by molar-refractivity contribution is 5.97. The van der Waals surface area contributed by atoms with E-state index in [9.17, 15) is 4.79 Å². The standard InChI is InChI=1S/C15H16N2O2/c1-2-19-15(18)13-12-9-6-10-17(12)16-14(13)11-7-4-3-5-8-11/h3-5,7-8H,2,6,9-10H2,1H3. The van der Waals surface area contributed by atoms with E-state index in [0.717, 1.165) is 36.3 Å². The number of carbonyl (C=O) groups excluding carboxylic acids is 1. The lowest BCUT2D eigenvalue weighted by Gasteiger charge is -2.04. The molecule has 19 heavy (non-hydrogen) atoms. The van der Waals surface area contributed by atoms with E-state index < -0.39 is 0 Å². The minimum Gasteiger partial charge on any atom is -0.462 e. The molecule has 2 aromatic rings. The van der Waals surface area contributed by atoms with Crippen LogP contribution in [0.5, 0.6) is 0 Å². The van der Waals surface area contributed by atoms with Gasteiger partial charge in [-0.25, -0.2) is 4.79 Å². The van der Waals surface area contributed by atoms with E-state index >= 15 is 0 Å². The van der Waals surface area contributed by atoms with Crippen molar-refractivity contribution in [2.45, 2.75) is 26.3 Å². The normalized spacial score (nSPS) is 13.3. The highest BCUT2D eigenvalue weighted by atomic mass is 16.5. The molecule has 98 valence electrons. The molecule has 0 fully saturated rings. The zero-order valence-electron chi connectivity index (χ0n) is 10.9. The third-order valence-corrected chi connectivity index (χ3v) is 3.37. The average molecular weight is 256 g/mol. The fourth-order valence-electron chi connectivity index (χ4n) is 2.55. The second-order valence-corrected chi connectivity index (χ2v) is 4.58. The Morgan fingerprint density at radius 3 is 2.89 bits per heavy atom. The van der Waals surface area contributed by atoms with Gasteiger partial charge in [0.1, 0.15) is 11.3 Å². The molecule has 0 saturated heterocycles. The van der Waals surface area contributed by atoms with Crippen LogP contribution in [0.4, 0.5) is 0 Å². The molecule has 0 unspecified atom stereocenters. The SMILES string of the molecule is CCOC(=O)c1c(-c2ccccc2)nn2c1CCC2. The van der Waals surface area contributed by atoms with Crippen LogP contribution in [-0.4, -0.2) is 22.4 Å². The highest BCUT2D eigenvalue weighted by Crippen LogP contribution is 2.30. The van der Waals surface area contributed by atoms with Gasteiger partial charge in [0.05, 0.1) is 12.3 Å². The Hall–Kier alpha value is -2.10. The van der Waals surface area contributed by atoms with Crippen LogP contribution in [0, 0.1) is 0 Å². The van der Waals surface area contributed by atoms with E-state index in [2.05, 4.69) is 5.10 Å². The first-order valence-electron chi connectivity index (χ1n) is 6.63. The minimum absolute atomic E-state index is 0.260. The summed E-state index contributed by atoms with van der Waals surface area (Å²) in [4.78, 5) is 12.2. The average Bonchev–Trinajstić information content (AvgIpc) is 2.99. The van der Waals surface area contributed by atoms with Gasteiger partial charge < -0.3 is 4.74 Å². The number of rotatable bonds is 3. The fourth-order valence-corrected chi connectivity index (χ4v) is 2.55. The quantitative estimate of drug-likeness (QED) is 0.793. The lowest BCUT2D eigenvalue weighted by molar-refractivity contribution is 0.0526. The maximum Gasteiger partial charge on any atom is 0.342 e. The van der Waals surface area contributed by atoms with Crippen molar-refractivity contribution in [3.8, 4) is 11.3 Å². The summed E-state index contributed by atoms with van der Waals surface area (Å²) in [6.07, 6.45) is 1.94. The van der Waals surface area contributed by atoms with Crippen molar-refractivity contribution >= 4 is 5.97 Å². The van der Waals surface area contributed by atoms with Crippen molar-refractivity contribution in [3.63, 3.8) is 0 Å². The van der Waals surface area contributed by atoms with Crippen molar-refractivity contribution in [2.24, 2.45) is 0 Å². The first kappa shape index (κ1) is 12.0. The second kappa shape index (κ2) is 4.88. The number of fused-ring (bicyclic) bond motifs is 1. The van der Waals surface area contributed by atoms with Gasteiger partial charge in [-0.3, -0.25) is 4.68 Å². The maximum absolute atomic E-state index is 12.2. The van der Waals surface area contributed by atoms with Crippen LogP contribution in [0.3, 0.4) is 0 Å². The Labute approximate surface area is 112 Å². The summed E-state index contributed by atoms with van der Waals surface area (Å²) in [5.74, 6) is -0.260. The number of ether oxygens (including phenoxy) is 1. The number of aryl methyl sites for hydroxylation is 1. The van der Waals surface area contributed by atoms with E-state index in [1.165, 1.54) is 0 Å². The van der Waals surface area contributed by atoms with Crippen molar-refractivity contribution in [1.29, 1.82) is 0 Å². The molecule has 0 saturated carbocycles. The largest absolute Gasteiger partial charge is 0.462 e. The molecular weight excluding hydrogens is 240 g/mol. The molecule has 1 aromatic heterocycles. The van der Waals surface area contributed by atoms with Gasteiger partial charge in [-0.05, 0) is 19.8 Å². The number of benzene rings is 1. The molecule has 0 aliphatic carbocycles. The van der Waals surface area contributed by atoms with Gasteiger partial charge in [-0.2, -0.15) is 5.10 Å². The molecule has 0 radical (unpaired) electrons. The first-order chi connectivity index (χ1) is 9.31. The van der Waals surface area contributed by atoms with Crippen LogP contribution in [0.15, 0.2) is 30.3 Å². The third-order valence-electron chi connectivity index (χ3n) is 3.37. The predicted molar refractivity (Wildman–Crippen MR) is 71.9 cm³/mol. The summed E-state index contributed by atoms with van der Waals surface area (Å²) in [5.41, 5.74) is 3.36. The molecule has 2 heterocycles. The van der Waals surface area contributed by atoms with Gasteiger partial charge in [-0.1, -0.05) is 30.3 Å². The molecule has 4 nitrogen and oxygen atoms in total. The maximum atomic E-state index is 12.2. The smallest absolute Gasteiger partial charge is 0.342 e. The number of carbonyl (C=O) groups is 1. The topological polar surface area (TPSA) is 44.1 Å². The Morgan fingerprint density at radius 2 is 2.16 bits per heavy atom. The summed E-state index contributed by atoms with van der Waals surface area (Å²) in [6.45, 7) is 3.09. The van der Waals surface area contributed by atoms with Gasteiger partial charge in [0, 0.05) is 12.1 Å². The summed E-state index contributed by atoms with van der Waals surface area (Å²) in [6, 6.07) is 9.81. The zero-order valence-corrected chi connectivity index (χ0v) is 10.9. The molecule has 0 N–H and O–H groups in total. The molecule has 0 spiro atoms. The Bertz CT molecular complexity index is 602. The van der Waals surface area contributed by atoms with E-state index in [1.54, 1.807) is 0 Å². The molecule has 1 aromatic carbocycles. The van der Waals surface area contributed by atoms with Gasteiger partial charge in [0.15, 0.2) is 0 Å². The van der Waals surface area contributed by atoms with Crippen LogP contribution < -0.4 is 0 Å². The number of nitrogens with zero attached hydrogens (tertiary/aromatic N) is 2. The molecule has 4 heteroatoms. The summed E-state index contributed by atoms with van der Waals surface area (Å²) >= 11 is 0. The molecule has 0 atom stereocenters. The van der Waals surface area contributed by atoms with E-state index in [4.69, 9.17) is 4.74 Å². The minimum atomic E-state index is -0.260. The molecule has 1 aliphatic rings. The van der Waals surface area contributed by atoms with Crippen LogP contribution in [0.25, 0.3) is 11.3 Å². The monoisotopic (exact) mass is 256 g/mol. The number of hydrogen-bond donors (Lipinski definition) is 0. The predicted octanol–water partition coefficient (Wildman–Crippen LogP) is 2.67. The van der Waals surface area contributed by atoms with E-state index in [1.807, 2.05) is 41.9 Å². The highest BCUT2D eigenvalue weighted by Gasteiger charge is 2.27. The first-order valence-corrected chi connectivity index (χ1v) is 6.63. The number of esters is 1. The third kappa shape index (κ3) is 2.03. The van der Waals surface area contributed by atoms with Gasteiger partial charge in [0.25, 0.3) is 0 Å². The Balaban J connectivity index is 2.12. The van der Waals surface area contributed by atoms with Crippen molar-refractivity contribution in [2.75, 3.05) is 6.61 Å². The second-order valence-electron chi connectivity index (χ2n) is 4.58. The van der Waals surface area contributed by atoms with Crippen LogP contribution in [-0.2, 0) is 17.7 Å². The zero-order chi connectivity index (χ0) is 13.2. The van der Waals surface area contributed by atoms with Crippen molar-refractivity contribution in [3.05, 3.63) is 41.6 Å². The van der Waals surface area contributed by atoms with Crippen LogP contribution in [0.1, 0.15) is 29.4 Å². The van der Waals surface area contributed by atoms with E-state index in [0.29, 0.717) is 12.2 Å². The summed E-state index contributed by atoms with van der Waals surface area (Å²) in [5, 5.41) is 4.58. The summed E-state index contributed by atoms with van der Waals surface area (Å²) < 4.78 is 7.12. The summed E-state index contributed by atoms with van der Waals surface area (Å²) in [7, 11) is 0. The van der Waals surface area contributed by atoms with Crippen LogP contribution in [0.2, 0.25) is 0 Å². The van der Waals surface area contributed by atoms with Gasteiger partial charge in [-0.15, -0.1) is 0 Å². The Morgan fingerprint density at radius 1 is 1.37 bits per heavy atom.